The molecule has 0 radical (unpaired) electrons. The number of piperidine rings is 1. The molecule has 3 N–H and O–H groups in total. The third-order valence-corrected chi connectivity index (χ3v) is 3.41. The first kappa shape index (κ1) is 20.7. The Balaban J connectivity index is 0.000000359. The van der Waals surface area contributed by atoms with Gasteiger partial charge in [-0.05, 0) is 19.2 Å². The molecule has 1 saturated heterocycles. The topological polar surface area (TPSA) is 139 Å². The summed E-state index contributed by atoms with van der Waals surface area (Å²) in [5, 5.41) is 29.7. The van der Waals surface area contributed by atoms with Gasteiger partial charge < -0.3 is 20.3 Å². The first-order chi connectivity index (χ1) is 12.3. The van der Waals surface area contributed by atoms with Crippen LogP contribution in [-0.4, -0.2) is 45.8 Å². The molecule has 0 aliphatic carbocycles. The number of aliphatic carboxylic acids is 2. The highest BCUT2D eigenvalue weighted by Crippen LogP contribution is 2.32. The zero-order valence-electron chi connectivity index (χ0n) is 13.8. The molecule has 0 spiro atoms. The van der Waals surface area contributed by atoms with Gasteiger partial charge in [0.2, 0.25) is 0 Å². The van der Waals surface area contributed by atoms with Gasteiger partial charge in [-0.15, -0.1) is 6.42 Å². The number of para-hydroxylation sites is 2. The maximum absolute atomic E-state index is 10.9. The van der Waals surface area contributed by atoms with Crippen molar-refractivity contribution in [1.82, 2.24) is 5.32 Å². The van der Waals surface area contributed by atoms with Crippen molar-refractivity contribution >= 4 is 17.6 Å². The Bertz CT molecular complexity index is 715. The van der Waals surface area contributed by atoms with Crippen LogP contribution in [0.2, 0.25) is 0 Å². The van der Waals surface area contributed by atoms with Crippen molar-refractivity contribution in [3.8, 4) is 18.1 Å². The second-order valence-corrected chi connectivity index (χ2v) is 5.23. The lowest BCUT2D eigenvalue weighted by molar-refractivity contribution is -0.386. The smallest absolute Gasteiger partial charge is 0.328 e. The van der Waals surface area contributed by atoms with Crippen LogP contribution in [0, 0.1) is 22.5 Å². The Labute approximate surface area is 149 Å². The molecule has 9 nitrogen and oxygen atoms in total. The standard InChI is InChI=1S/C13H14N2O3.C4H4O4/c1-2-13(7-9-14-10-8-13)18-12-6-4-3-5-11(12)15(16)17;5-3(6)1-2-4(7)8/h1,3-6,14H,7-10H2;1-2H,(H,5,6)(H,7,8)/b;2-1-. The molecule has 2 rings (SSSR count). The molecule has 0 bridgehead atoms. The molecule has 0 aromatic heterocycles. The van der Waals surface area contributed by atoms with Crippen LogP contribution >= 0.6 is 0 Å². The predicted octanol–water partition coefficient (Wildman–Crippen LogP) is 1.44. The van der Waals surface area contributed by atoms with Gasteiger partial charge in [-0.1, -0.05) is 18.1 Å². The average molecular weight is 362 g/mol. The number of rotatable bonds is 5. The van der Waals surface area contributed by atoms with E-state index in [2.05, 4.69) is 11.2 Å². The number of carboxylic acid groups (broad SMARTS) is 2. The number of nitrogens with one attached hydrogen (secondary N) is 1. The second-order valence-electron chi connectivity index (χ2n) is 5.23. The molecule has 1 aliphatic heterocycles. The minimum absolute atomic E-state index is 0.0503. The number of nitro groups is 1. The fraction of sp³-hybridized carbons (Fsp3) is 0.294. The van der Waals surface area contributed by atoms with E-state index in [1.54, 1.807) is 18.2 Å². The van der Waals surface area contributed by atoms with Gasteiger partial charge in [0.1, 0.15) is 0 Å². The highest BCUT2D eigenvalue weighted by molar-refractivity contribution is 5.89. The maximum atomic E-state index is 10.9. The molecule has 1 aromatic carbocycles. The van der Waals surface area contributed by atoms with Crippen LogP contribution < -0.4 is 10.1 Å². The number of hydrogen-bond acceptors (Lipinski definition) is 6. The SMILES string of the molecule is C#CC1(Oc2ccccc2[N+](=O)[O-])CCNCC1.O=C(O)/C=C\C(=O)O. The molecule has 1 aliphatic rings. The summed E-state index contributed by atoms with van der Waals surface area (Å²) < 4.78 is 5.77. The highest BCUT2D eigenvalue weighted by Gasteiger charge is 2.34. The molecular formula is C17H18N2O7. The van der Waals surface area contributed by atoms with Crippen molar-refractivity contribution in [3.63, 3.8) is 0 Å². The van der Waals surface area contributed by atoms with Crippen LogP contribution in [0.4, 0.5) is 5.69 Å². The van der Waals surface area contributed by atoms with Gasteiger partial charge in [0.05, 0.1) is 4.92 Å². The number of hydrogen-bond donors (Lipinski definition) is 3. The summed E-state index contributed by atoms with van der Waals surface area (Å²) in [4.78, 5) is 29.6. The number of carboxylic acids is 2. The van der Waals surface area contributed by atoms with Crippen molar-refractivity contribution in [3.05, 3.63) is 46.5 Å². The van der Waals surface area contributed by atoms with Gasteiger partial charge in [-0.25, -0.2) is 9.59 Å². The molecule has 0 amide bonds. The normalized spacial score (nSPS) is 15.2. The van der Waals surface area contributed by atoms with Gasteiger partial charge in [0.15, 0.2) is 11.4 Å². The maximum Gasteiger partial charge on any atom is 0.328 e. The molecule has 138 valence electrons. The van der Waals surface area contributed by atoms with Gasteiger partial charge in [0, 0.05) is 31.1 Å². The number of ether oxygens (including phenoxy) is 1. The molecule has 1 aromatic rings. The zero-order chi connectivity index (χ0) is 19.6. The first-order valence-corrected chi connectivity index (χ1v) is 7.54. The van der Waals surface area contributed by atoms with Gasteiger partial charge in [0.25, 0.3) is 0 Å². The van der Waals surface area contributed by atoms with Crippen LogP contribution in [-0.2, 0) is 9.59 Å². The van der Waals surface area contributed by atoms with Crippen molar-refractivity contribution in [1.29, 1.82) is 0 Å². The minimum Gasteiger partial charge on any atom is -0.478 e. The van der Waals surface area contributed by atoms with E-state index in [0.29, 0.717) is 25.0 Å². The first-order valence-electron chi connectivity index (χ1n) is 7.54. The molecule has 1 fully saturated rings. The number of nitrogens with zero attached hydrogens (tertiary/aromatic N) is 1. The van der Waals surface area contributed by atoms with E-state index < -0.39 is 22.5 Å². The summed E-state index contributed by atoms with van der Waals surface area (Å²) in [6.45, 7) is 1.51. The van der Waals surface area contributed by atoms with Crippen LogP contribution in [0.3, 0.4) is 0 Å². The molecule has 0 unspecified atom stereocenters. The van der Waals surface area contributed by atoms with E-state index in [4.69, 9.17) is 21.4 Å². The summed E-state index contributed by atoms with van der Waals surface area (Å²) >= 11 is 0. The zero-order valence-corrected chi connectivity index (χ0v) is 13.8. The molecule has 26 heavy (non-hydrogen) atoms. The summed E-state index contributed by atoms with van der Waals surface area (Å²) in [7, 11) is 0. The Morgan fingerprint density at radius 1 is 1.23 bits per heavy atom. The van der Waals surface area contributed by atoms with E-state index in [9.17, 15) is 19.7 Å². The Hall–Kier alpha value is -3.38. The van der Waals surface area contributed by atoms with Crippen molar-refractivity contribution in [2.24, 2.45) is 0 Å². The third kappa shape index (κ3) is 6.62. The van der Waals surface area contributed by atoms with Crippen molar-refractivity contribution in [2.75, 3.05) is 13.1 Å². The van der Waals surface area contributed by atoms with E-state index >= 15 is 0 Å². The molecule has 0 saturated carbocycles. The monoisotopic (exact) mass is 362 g/mol. The third-order valence-electron chi connectivity index (χ3n) is 3.41. The highest BCUT2D eigenvalue weighted by atomic mass is 16.6. The van der Waals surface area contributed by atoms with Crippen LogP contribution in [0.5, 0.6) is 5.75 Å². The van der Waals surface area contributed by atoms with Crippen LogP contribution in [0.25, 0.3) is 0 Å². The van der Waals surface area contributed by atoms with E-state index in [1.807, 2.05) is 0 Å². The largest absolute Gasteiger partial charge is 0.478 e. The summed E-state index contributed by atoms with van der Waals surface area (Å²) in [5.41, 5.74) is -0.789. The van der Waals surface area contributed by atoms with E-state index in [-0.39, 0.29) is 11.4 Å². The molecule has 9 heteroatoms. The number of carbonyl (C=O) groups is 2. The minimum atomic E-state index is -1.26. The van der Waals surface area contributed by atoms with Gasteiger partial charge >= 0.3 is 17.6 Å². The average Bonchev–Trinajstić information content (AvgIpc) is 2.61. The second kappa shape index (κ2) is 9.80. The molecular weight excluding hydrogens is 344 g/mol. The molecule has 0 atom stereocenters. The summed E-state index contributed by atoms with van der Waals surface area (Å²) in [5.74, 6) is 0.371. The van der Waals surface area contributed by atoms with Crippen molar-refractivity contribution in [2.45, 2.75) is 18.4 Å². The number of nitro benzene ring substituents is 1. The Morgan fingerprint density at radius 3 is 2.23 bits per heavy atom. The Morgan fingerprint density at radius 2 is 1.77 bits per heavy atom. The van der Waals surface area contributed by atoms with Crippen molar-refractivity contribution < 1.29 is 29.5 Å². The fourth-order valence-electron chi connectivity index (χ4n) is 2.15. The quantitative estimate of drug-likeness (QED) is 0.309. The lowest BCUT2D eigenvalue weighted by atomic mass is 9.93. The summed E-state index contributed by atoms with van der Waals surface area (Å²) in [6.07, 6.45) is 7.95. The van der Waals surface area contributed by atoms with Crippen LogP contribution in [0.15, 0.2) is 36.4 Å². The Kier molecular flexibility index (Phi) is 7.79. The number of benzene rings is 1. The van der Waals surface area contributed by atoms with E-state index in [0.717, 1.165) is 13.1 Å². The summed E-state index contributed by atoms with van der Waals surface area (Å²) in [6, 6.07) is 6.31. The van der Waals surface area contributed by atoms with E-state index in [1.165, 1.54) is 6.07 Å². The lowest BCUT2D eigenvalue weighted by Crippen LogP contribution is -2.45. The number of terminal acetylenes is 1. The van der Waals surface area contributed by atoms with Gasteiger partial charge in [-0.2, -0.15) is 0 Å². The van der Waals surface area contributed by atoms with Crippen LogP contribution in [0.1, 0.15) is 12.8 Å². The molecule has 1 heterocycles. The predicted molar refractivity (Wildman–Crippen MR) is 91.8 cm³/mol. The fourth-order valence-corrected chi connectivity index (χ4v) is 2.15. The lowest BCUT2D eigenvalue weighted by Gasteiger charge is -2.33. The van der Waals surface area contributed by atoms with Gasteiger partial charge in [-0.3, -0.25) is 10.1 Å².